The van der Waals surface area contributed by atoms with Crippen LogP contribution in [0.15, 0.2) is 54.1 Å². The van der Waals surface area contributed by atoms with Crippen molar-refractivity contribution < 1.29 is 0 Å². The van der Waals surface area contributed by atoms with Gasteiger partial charge in [-0.2, -0.15) is 0 Å². The summed E-state index contributed by atoms with van der Waals surface area (Å²) in [6.45, 7) is 2.63. The van der Waals surface area contributed by atoms with Crippen LogP contribution >= 0.6 is 0 Å². The summed E-state index contributed by atoms with van der Waals surface area (Å²) in [6, 6.07) is 7.55. The van der Waals surface area contributed by atoms with Gasteiger partial charge >= 0.3 is 0 Å². The summed E-state index contributed by atoms with van der Waals surface area (Å²) in [4.78, 5) is 32.5. The van der Waals surface area contributed by atoms with Gasteiger partial charge in [0, 0.05) is 61.3 Å². The van der Waals surface area contributed by atoms with Crippen LogP contribution in [0.25, 0.3) is 11.3 Å². The lowest BCUT2D eigenvalue weighted by molar-refractivity contribution is 0.350. The van der Waals surface area contributed by atoms with E-state index < -0.39 is 0 Å². The molecule has 0 spiro atoms. The molecule has 3 aromatic rings. The van der Waals surface area contributed by atoms with Gasteiger partial charge in [0.25, 0.3) is 5.56 Å². The Morgan fingerprint density at radius 1 is 1.03 bits per heavy atom. The first-order chi connectivity index (χ1) is 14.8. The van der Waals surface area contributed by atoms with Crippen LogP contribution in [0.5, 0.6) is 0 Å². The van der Waals surface area contributed by atoms with Crippen molar-refractivity contribution in [3.63, 3.8) is 0 Å². The topological polar surface area (TPSA) is 76.8 Å². The molecule has 0 radical (unpaired) electrons. The molecule has 0 aromatic carbocycles. The molecule has 1 aliphatic carbocycles. The lowest BCUT2D eigenvalue weighted by atomic mass is 9.83. The molecule has 2 fully saturated rings. The van der Waals surface area contributed by atoms with Crippen LogP contribution in [-0.2, 0) is 6.54 Å². The summed E-state index contributed by atoms with van der Waals surface area (Å²) in [6.07, 6.45) is 12.7. The van der Waals surface area contributed by atoms with Crippen molar-refractivity contribution >= 4 is 5.82 Å². The number of pyridine rings is 1. The molecule has 30 heavy (non-hydrogen) atoms. The largest absolute Gasteiger partial charge is 0.356 e. The first-order valence-corrected chi connectivity index (χ1v) is 10.8. The van der Waals surface area contributed by atoms with Crippen molar-refractivity contribution in [3.05, 3.63) is 65.4 Å². The standard InChI is InChI=1S/C23H26N6O/c30-23-12-21(19-5-2-8-24-13-19)27-16-29(23)14-17-6-9-28(10-7-17)22-11-20(25-15-26-22)18-3-1-4-18/h2,5,8,11-13,15-18H,1,3-4,6-7,9-10,14H2. The zero-order valence-corrected chi connectivity index (χ0v) is 17.0. The van der Waals surface area contributed by atoms with Gasteiger partial charge in [0.15, 0.2) is 0 Å². The Hall–Kier alpha value is -3.09. The lowest BCUT2D eigenvalue weighted by Gasteiger charge is -2.33. The quantitative estimate of drug-likeness (QED) is 0.652. The van der Waals surface area contributed by atoms with Gasteiger partial charge < -0.3 is 4.90 Å². The number of aromatic nitrogens is 5. The molecule has 0 atom stereocenters. The molecule has 3 aromatic heterocycles. The van der Waals surface area contributed by atoms with Crippen molar-refractivity contribution in [1.82, 2.24) is 24.5 Å². The van der Waals surface area contributed by atoms with E-state index >= 15 is 0 Å². The molecule has 1 saturated carbocycles. The third kappa shape index (κ3) is 3.97. The van der Waals surface area contributed by atoms with E-state index in [0.717, 1.165) is 37.3 Å². The van der Waals surface area contributed by atoms with E-state index in [4.69, 9.17) is 0 Å². The number of nitrogens with zero attached hydrogens (tertiary/aromatic N) is 6. The molecule has 0 N–H and O–H groups in total. The molecule has 4 heterocycles. The SMILES string of the molecule is O=c1cc(-c2cccnc2)ncn1CC1CCN(c2cc(C3CCC3)ncn2)CC1. The fourth-order valence-corrected chi connectivity index (χ4v) is 4.32. The molecule has 2 aliphatic rings. The second-order valence-corrected chi connectivity index (χ2v) is 8.37. The number of hydrogen-bond acceptors (Lipinski definition) is 6. The average molecular weight is 403 g/mol. The zero-order chi connectivity index (χ0) is 20.3. The summed E-state index contributed by atoms with van der Waals surface area (Å²) >= 11 is 0. The van der Waals surface area contributed by atoms with E-state index in [-0.39, 0.29) is 5.56 Å². The Bertz CT molecular complexity index is 1050. The second-order valence-electron chi connectivity index (χ2n) is 8.37. The van der Waals surface area contributed by atoms with Crippen LogP contribution < -0.4 is 10.5 Å². The Kier molecular flexibility index (Phi) is 5.26. The first kappa shape index (κ1) is 18.9. The summed E-state index contributed by atoms with van der Waals surface area (Å²) in [5, 5.41) is 0. The molecule has 0 unspecified atom stereocenters. The Labute approximate surface area is 175 Å². The van der Waals surface area contributed by atoms with Crippen LogP contribution in [-0.4, -0.2) is 37.6 Å². The molecule has 5 rings (SSSR count). The van der Waals surface area contributed by atoms with Gasteiger partial charge in [-0.25, -0.2) is 15.0 Å². The minimum Gasteiger partial charge on any atom is -0.356 e. The van der Waals surface area contributed by atoms with Gasteiger partial charge in [0.05, 0.1) is 12.0 Å². The molecular weight excluding hydrogens is 376 g/mol. The van der Waals surface area contributed by atoms with Gasteiger partial charge in [-0.3, -0.25) is 14.3 Å². The molecular formula is C23H26N6O. The summed E-state index contributed by atoms with van der Waals surface area (Å²) < 4.78 is 1.74. The van der Waals surface area contributed by atoms with Crippen LogP contribution in [0, 0.1) is 5.92 Å². The zero-order valence-electron chi connectivity index (χ0n) is 17.0. The molecule has 7 nitrogen and oxygen atoms in total. The van der Waals surface area contributed by atoms with Gasteiger partial charge in [-0.1, -0.05) is 6.42 Å². The second kappa shape index (κ2) is 8.34. The van der Waals surface area contributed by atoms with E-state index in [1.807, 2.05) is 12.1 Å². The normalized spacial score (nSPS) is 17.7. The molecule has 7 heteroatoms. The van der Waals surface area contributed by atoms with E-state index in [1.54, 1.807) is 35.7 Å². The van der Waals surface area contributed by atoms with Crippen LogP contribution in [0.2, 0.25) is 0 Å². The monoisotopic (exact) mass is 402 g/mol. The Balaban J connectivity index is 1.21. The predicted molar refractivity (Wildman–Crippen MR) is 115 cm³/mol. The maximum atomic E-state index is 12.6. The Morgan fingerprint density at radius 2 is 1.90 bits per heavy atom. The van der Waals surface area contributed by atoms with E-state index in [0.29, 0.717) is 24.1 Å². The fraction of sp³-hybridized carbons (Fsp3) is 0.435. The minimum atomic E-state index is -0.00720. The molecule has 0 amide bonds. The van der Waals surface area contributed by atoms with Crippen molar-refractivity contribution in [1.29, 1.82) is 0 Å². The average Bonchev–Trinajstić information content (AvgIpc) is 2.75. The van der Waals surface area contributed by atoms with Crippen molar-refractivity contribution in [3.8, 4) is 11.3 Å². The van der Waals surface area contributed by atoms with Gasteiger partial charge in [-0.05, 0) is 43.7 Å². The molecule has 154 valence electrons. The highest BCUT2D eigenvalue weighted by atomic mass is 16.1. The summed E-state index contributed by atoms with van der Waals surface area (Å²) in [5.41, 5.74) is 2.72. The number of hydrogen-bond donors (Lipinski definition) is 0. The molecule has 1 aliphatic heterocycles. The van der Waals surface area contributed by atoms with Gasteiger partial charge in [0.1, 0.15) is 12.1 Å². The highest BCUT2D eigenvalue weighted by molar-refractivity contribution is 5.56. The fourth-order valence-electron chi connectivity index (χ4n) is 4.32. The van der Waals surface area contributed by atoms with Crippen molar-refractivity contribution in [2.24, 2.45) is 5.92 Å². The first-order valence-electron chi connectivity index (χ1n) is 10.8. The summed E-state index contributed by atoms with van der Waals surface area (Å²) in [5.74, 6) is 2.14. The summed E-state index contributed by atoms with van der Waals surface area (Å²) in [7, 11) is 0. The van der Waals surface area contributed by atoms with Crippen molar-refractivity contribution in [2.75, 3.05) is 18.0 Å². The lowest BCUT2D eigenvalue weighted by Crippen LogP contribution is -2.37. The Morgan fingerprint density at radius 3 is 2.60 bits per heavy atom. The smallest absolute Gasteiger partial charge is 0.253 e. The minimum absolute atomic E-state index is 0.00720. The van der Waals surface area contributed by atoms with Crippen LogP contribution in [0.1, 0.15) is 43.7 Å². The maximum Gasteiger partial charge on any atom is 0.253 e. The van der Waals surface area contributed by atoms with Crippen LogP contribution in [0.3, 0.4) is 0 Å². The van der Waals surface area contributed by atoms with Gasteiger partial charge in [0.2, 0.25) is 0 Å². The highest BCUT2D eigenvalue weighted by Gasteiger charge is 2.24. The third-order valence-electron chi connectivity index (χ3n) is 6.43. The van der Waals surface area contributed by atoms with E-state index in [1.165, 1.54) is 25.0 Å². The van der Waals surface area contributed by atoms with Crippen molar-refractivity contribution in [2.45, 2.75) is 44.6 Å². The third-order valence-corrected chi connectivity index (χ3v) is 6.43. The highest BCUT2D eigenvalue weighted by Crippen LogP contribution is 2.36. The number of anilines is 1. The van der Waals surface area contributed by atoms with Gasteiger partial charge in [-0.15, -0.1) is 0 Å². The van der Waals surface area contributed by atoms with Crippen LogP contribution in [0.4, 0.5) is 5.82 Å². The molecule has 0 bridgehead atoms. The van der Waals surface area contributed by atoms with E-state index in [9.17, 15) is 4.79 Å². The number of rotatable bonds is 5. The van der Waals surface area contributed by atoms with E-state index in [2.05, 4.69) is 30.9 Å². The number of piperidine rings is 1. The molecule has 1 saturated heterocycles. The maximum absolute atomic E-state index is 12.6. The predicted octanol–water partition coefficient (Wildman–Crippen LogP) is 3.28.